The Hall–Kier alpha value is -0.590. The summed E-state index contributed by atoms with van der Waals surface area (Å²) in [4.78, 5) is 4.93. The highest BCUT2D eigenvalue weighted by molar-refractivity contribution is 8.00. The van der Waals surface area contributed by atoms with Gasteiger partial charge in [0.25, 0.3) is 0 Å². The molecule has 0 bridgehead atoms. The van der Waals surface area contributed by atoms with Gasteiger partial charge in [-0.05, 0) is 62.4 Å². The van der Waals surface area contributed by atoms with Crippen LogP contribution in [0.15, 0.2) is 68.1 Å². The SMILES string of the molecule is COC(C)Sc1ccc(Sc2ccc(SC(C)OC)cc2)cc1. The summed E-state index contributed by atoms with van der Waals surface area (Å²) in [5.74, 6) is 0. The molecule has 0 saturated heterocycles. The Kier molecular flexibility index (Phi) is 7.86. The number of methoxy groups -OCH3 is 2. The number of benzene rings is 2. The minimum Gasteiger partial charge on any atom is -0.371 e. The normalized spacial score (nSPS) is 13.7. The standard InChI is InChI=1S/C18H22O2S3/c1-13(19-3)21-15-5-9-17(10-6-15)23-18-11-7-16(8-12-18)22-14(2)20-4/h5-14H,1-4H3. The summed E-state index contributed by atoms with van der Waals surface area (Å²) in [6.45, 7) is 4.11. The first-order valence-corrected chi connectivity index (χ1v) is 9.95. The molecule has 0 aliphatic carbocycles. The number of rotatable bonds is 8. The van der Waals surface area contributed by atoms with Crippen LogP contribution in [-0.2, 0) is 9.47 Å². The second-order valence-corrected chi connectivity index (χ2v) is 8.78. The van der Waals surface area contributed by atoms with Gasteiger partial charge in [0.1, 0.15) is 10.9 Å². The van der Waals surface area contributed by atoms with E-state index in [1.165, 1.54) is 19.6 Å². The maximum absolute atomic E-state index is 5.27. The summed E-state index contributed by atoms with van der Waals surface area (Å²) in [6, 6.07) is 17.2. The zero-order chi connectivity index (χ0) is 16.7. The zero-order valence-corrected chi connectivity index (χ0v) is 16.3. The van der Waals surface area contributed by atoms with Crippen LogP contribution in [0, 0.1) is 0 Å². The molecule has 0 N–H and O–H groups in total. The summed E-state index contributed by atoms with van der Waals surface area (Å²) < 4.78 is 10.5. The summed E-state index contributed by atoms with van der Waals surface area (Å²) in [5, 5.41) is 0. The Balaban J connectivity index is 1.94. The third-order valence-electron chi connectivity index (χ3n) is 3.15. The highest BCUT2D eigenvalue weighted by Crippen LogP contribution is 2.32. The monoisotopic (exact) mass is 366 g/mol. The van der Waals surface area contributed by atoms with E-state index in [0.717, 1.165) is 0 Å². The van der Waals surface area contributed by atoms with Crippen molar-refractivity contribution in [2.45, 2.75) is 44.3 Å². The fourth-order valence-electron chi connectivity index (χ4n) is 1.79. The molecule has 0 saturated carbocycles. The lowest BCUT2D eigenvalue weighted by atomic mass is 10.4. The second kappa shape index (κ2) is 9.64. The molecule has 0 aliphatic heterocycles. The van der Waals surface area contributed by atoms with E-state index < -0.39 is 0 Å². The molecule has 0 heterocycles. The third-order valence-corrected chi connectivity index (χ3v) is 6.30. The van der Waals surface area contributed by atoms with Crippen molar-refractivity contribution in [2.75, 3.05) is 14.2 Å². The lowest BCUT2D eigenvalue weighted by Crippen LogP contribution is -1.97. The average molecular weight is 367 g/mol. The maximum atomic E-state index is 5.27. The minimum absolute atomic E-state index is 0.174. The second-order valence-electron chi connectivity index (χ2n) is 4.89. The zero-order valence-electron chi connectivity index (χ0n) is 13.8. The molecule has 0 radical (unpaired) electrons. The van der Waals surface area contributed by atoms with Gasteiger partial charge in [-0.15, -0.1) is 0 Å². The van der Waals surface area contributed by atoms with Gasteiger partial charge in [-0.25, -0.2) is 0 Å². The van der Waals surface area contributed by atoms with Crippen LogP contribution in [0.3, 0.4) is 0 Å². The molecule has 0 amide bonds. The Morgan fingerprint density at radius 2 is 0.913 bits per heavy atom. The van der Waals surface area contributed by atoms with Crippen LogP contribution in [0.5, 0.6) is 0 Å². The highest BCUT2D eigenvalue weighted by atomic mass is 32.2. The first-order valence-electron chi connectivity index (χ1n) is 7.37. The van der Waals surface area contributed by atoms with Crippen molar-refractivity contribution in [3.63, 3.8) is 0 Å². The average Bonchev–Trinajstić information content (AvgIpc) is 2.58. The number of hydrogen-bond donors (Lipinski definition) is 0. The number of thioether (sulfide) groups is 2. The molecule has 2 aromatic rings. The summed E-state index contributed by atoms with van der Waals surface area (Å²) in [7, 11) is 3.47. The Bertz CT molecular complexity index is 531. The molecule has 0 spiro atoms. The fraction of sp³-hybridized carbons (Fsp3) is 0.333. The van der Waals surface area contributed by atoms with E-state index in [4.69, 9.17) is 9.47 Å². The number of hydrogen-bond acceptors (Lipinski definition) is 5. The van der Waals surface area contributed by atoms with E-state index in [2.05, 4.69) is 62.4 Å². The van der Waals surface area contributed by atoms with Gasteiger partial charge in [0.05, 0.1) is 0 Å². The van der Waals surface area contributed by atoms with Crippen molar-refractivity contribution >= 4 is 35.3 Å². The van der Waals surface area contributed by atoms with Crippen molar-refractivity contribution in [1.29, 1.82) is 0 Å². The van der Waals surface area contributed by atoms with Gasteiger partial charge in [0.15, 0.2) is 0 Å². The van der Waals surface area contributed by atoms with Crippen LogP contribution in [-0.4, -0.2) is 25.1 Å². The van der Waals surface area contributed by atoms with Crippen molar-refractivity contribution in [2.24, 2.45) is 0 Å². The van der Waals surface area contributed by atoms with Gasteiger partial charge >= 0.3 is 0 Å². The fourth-order valence-corrected chi connectivity index (χ4v) is 4.15. The van der Waals surface area contributed by atoms with Crippen LogP contribution < -0.4 is 0 Å². The molecule has 5 heteroatoms. The maximum Gasteiger partial charge on any atom is 0.104 e. The van der Waals surface area contributed by atoms with E-state index in [1.807, 2.05) is 0 Å². The van der Waals surface area contributed by atoms with Crippen LogP contribution in [0.4, 0.5) is 0 Å². The van der Waals surface area contributed by atoms with E-state index in [0.29, 0.717) is 0 Å². The third kappa shape index (κ3) is 6.43. The van der Waals surface area contributed by atoms with Crippen LogP contribution in [0.25, 0.3) is 0 Å². The lowest BCUT2D eigenvalue weighted by molar-refractivity contribution is 0.187. The van der Waals surface area contributed by atoms with E-state index in [-0.39, 0.29) is 10.9 Å². The Morgan fingerprint density at radius 1 is 0.609 bits per heavy atom. The summed E-state index contributed by atoms with van der Waals surface area (Å²) >= 11 is 5.22. The van der Waals surface area contributed by atoms with Crippen LogP contribution in [0.2, 0.25) is 0 Å². The van der Waals surface area contributed by atoms with Gasteiger partial charge in [-0.1, -0.05) is 35.3 Å². The molecule has 0 aromatic heterocycles. The van der Waals surface area contributed by atoms with E-state index in [9.17, 15) is 0 Å². The van der Waals surface area contributed by atoms with E-state index >= 15 is 0 Å². The Labute approximate surface area is 151 Å². The largest absolute Gasteiger partial charge is 0.371 e. The van der Waals surface area contributed by atoms with Crippen LogP contribution in [0.1, 0.15) is 13.8 Å². The molecule has 0 fully saturated rings. The minimum atomic E-state index is 0.174. The molecule has 2 rings (SSSR count). The molecular weight excluding hydrogens is 344 g/mol. The smallest absolute Gasteiger partial charge is 0.104 e. The first-order chi connectivity index (χ1) is 11.1. The first kappa shape index (κ1) is 18.7. The van der Waals surface area contributed by atoms with Gasteiger partial charge < -0.3 is 9.47 Å². The number of ether oxygens (including phenoxy) is 2. The lowest BCUT2D eigenvalue weighted by Gasteiger charge is -2.10. The quantitative estimate of drug-likeness (QED) is 0.419. The Morgan fingerprint density at radius 3 is 1.22 bits per heavy atom. The summed E-state index contributed by atoms with van der Waals surface area (Å²) in [6.07, 6.45) is 0. The molecule has 2 unspecified atom stereocenters. The molecule has 2 atom stereocenters. The van der Waals surface area contributed by atoms with Gasteiger partial charge in [0.2, 0.25) is 0 Å². The van der Waals surface area contributed by atoms with E-state index in [1.54, 1.807) is 49.5 Å². The van der Waals surface area contributed by atoms with Crippen molar-refractivity contribution in [1.82, 2.24) is 0 Å². The van der Waals surface area contributed by atoms with Crippen molar-refractivity contribution < 1.29 is 9.47 Å². The van der Waals surface area contributed by atoms with Gasteiger partial charge in [-0.2, -0.15) is 0 Å². The molecule has 23 heavy (non-hydrogen) atoms. The van der Waals surface area contributed by atoms with Crippen LogP contribution >= 0.6 is 35.3 Å². The van der Waals surface area contributed by atoms with Crippen molar-refractivity contribution in [3.8, 4) is 0 Å². The molecule has 0 aliphatic rings. The van der Waals surface area contributed by atoms with Gasteiger partial charge in [0, 0.05) is 33.8 Å². The molecule has 2 aromatic carbocycles. The molecular formula is C18H22O2S3. The highest BCUT2D eigenvalue weighted by Gasteiger charge is 2.05. The predicted octanol–water partition coefficient (Wildman–Crippen LogP) is 6.01. The molecule has 2 nitrogen and oxygen atoms in total. The van der Waals surface area contributed by atoms with Crippen molar-refractivity contribution in [3.05, 3.63) is 48.5 Å². The summed E-state index contributed by atoms with van der Waals surface area (Å²) in [5.41, 5.74) is 0.348. The molecule has 124 valence electrons. The predicted molar refractivity (Wildman–Crippen MR) is 102 cm³/mol. The topological polar surface area (TPSA) is 18.5 Å². The van der Waals surface area contributed by atoms with Gasteiger partial charge in [-0.3, -0.25) is 0 Å².